The van der Waals surface area contributed by atoms with Crippen molar-refractivity contribution in [3.63, 3.8) is 0 Å². The summed E-state index contributed by atoms with van der Waals surface area (Å²) in [5, 5.41) is 0. The topological polar surface area (TPSA) is 30.7 Å². The normalized spacial score (nSPS) is 11.4. The molecule has 3 aromatic carbocycles. The van der Waals surface area contributed by atoms with Crippen LogP contribution in [0.3, 0.4) is 0 Å². The molecule has 2 aromatic heterocycles. The molecule has 0 unspecified atom stereocenters. The monoisotopic (exact) mass is 471 g/mol. The van der Waals surface area contributed by atoms with Gasteiger partial charge in [-0.2, -0.15) is 0 Å². The molecule has 0 saturated carbocycles. The second-order valence-electron chi connectivity index (χ2n) is 9.97. The first-order chi connectivity index (χ1) is 17.5. The van der Waals surface area contributed by atoms with Crippen molar-refractivity contribution in [2.45, 2.75) is 46.0 Å². The molecular weight excluding hydrogens is 438 g/mol. The Hall–Kier alpha value is -3.98. The van der Waals surface area contributed by atoms with Gasteiger partial charge in [0, 0.05) is 35.6 Å². The number of para-hydroxylation sites is 1. The third kappa shape index (κ3) is 4.87. The summed E-state index contributed by atoms with van der Waals surface area (Å²) >= 11 is 0. The Morgan fingerprint density at radius 1 is 0.694 bits per heavy atom. The molecule has 0 saturated heterocycles. The van der Waals surface area contributed by atoms with E-state index >= 15 is 0 Å². The highest BCUT2D eigenvalue weighted by atomic mass is 15.1. The van der Waals surface area contributed by atoms with Crippen molar-refractivity contribution >= 4 is 0 Å². The van der Waals surface area contributed by atoms with Gasteiger partial charge in [0.2, 0.25) is 0 Å². The summed E-state index contributed by atoms with van der Waals surface area (Å²) in [4.78, 5) is 9.75. The molecule has 0 amide bonds. The van der Waals surface area contributed by atoms with Crippen molar-refractivity contribution in [3.8, 4) is 28.3 Å². The zero-order chi connectivity index (χ0) is 25.1. The molecule has 36 heavy (non-hydrogen) atoms. The molecule has 0 radical (unpaired) electrons. The second kappa shape index (κ2) is 10.3. The summed E-state index contributed by atoms with van der Waals surface area (Å²) < 4.78 is 2.28. The van der Waals surface area contributed by atoms with Crippen LogP contribution >= 0.6 is 0 Å². The van der Waals surface area contributed by atoms with E-state index in [2.05, 4.69) is 123 Å². The average Bonchev–Trinajstić information content (AvgIpc) is 3.39. The minimum Gasteiger partial charge on any atom is -0.299 e. The Kier molecular flexibility index (Phi) is 6.81. The largest absolute Gasteiger partial charge is 0.299 e. The molecule has 2 heterocycles. The van der Waals surface area contributed by atoms with Crippen molar-refractivity contribution in [2.75, 3.05) is 0 Å². The second-order valence-corrected chi connectivity index (χ2v) is 9.97. The van der Waals surface area contributed by atoms with E-state index in [-0.39, 0.29) is 0 Å². The molecule has 5 rings (SSSR count). The van der Waals surface area contributed by atoms with Crippen LogP contribution in [-0.4, -0.2) is 14.5 Å². The summed E-state index contributed by atoms with van der Waals surface area (Å²) in [6, 6.07) is 32.0. The number of nitrogens with zero attached hydrogens (tertiary/aromatic N) is 3. The molecule has 0 bridgehead atoms. The SMILES string of the molecule is CC(C)c1cccc(C(C)C)c1-n1ccnc1-c1cccc(Cc2cccc(-c3ccccc3)n2)c1. The van der Waals surface area contributed by atoms with E-state index in [1.807, 2.05) is 12.3 Å². The van der Waals surface area contributed by atoms with E-state index in [1.165, 1.54) is 22.4 Å². The predicted octanol–water partition coefficient (Wildman–Crippen LogP) is 8.44. The van der Waals surface area contributed by atoms with E-state index in [0.717, 1.165) is 34.8 Å². The summed E-state index contributed by atoms with van der Waals surface area (Å²) in [7, 11) is 0. The molecule has 3 nitrogen and oxygen atoms in total. The Labute approximate surface area is 214 Å². The van der Waals surface area contributed by atoms with Gasteiger partial charge in [0.25, 0.3) is 0 Å². The molecule has 0 spiro atoms. The first kappa shape index (κ1) is 23.7. The third-order valence-corrected chi connectivity index (χ3v) is 6.67. The zero-order valence-electron chi connectivity index (χ0n) is 21.5. The molecule has 0 aliphatic heterocycles. The van der Waals surface area contributed by atoms with E-state index < -0.39 is 0 Å². The van der Waals surface area contributed by atoms with Crippen molar-refractivity contribution in [1.29, 1.82) is 0 Å². The third-order valence-electron chi connectivity index (χ3n) is 6.67. The van der Waals surface area contributed by atoms with Crippen LogP contribution in [0.4, 0.5) is 0 Å². The van der Waals surface area contributed by atoms with Crippen LogP contribution in [0.25, 0.3) is 28.3 Å². The molecule has 180 valence electrons. The van der Waals surface area contributed by atoms with Crippen LogP contribution in [0.2, 0.25) is 0 Å². The Morgan fingerprint density at radius 3 is 2.08 bits per heavy atom. The van der Waals surface area contributed by atoms with Gasteiger partial charge >= 0.3 is 0 Å². The number of imidazole rings is 1. The predicted molar refractivity (Wildman–Crippen MR) is 150 cm³/mol. The molecular formula is C33H33N3. The minimum absolute atomic E-state index is 0.420. The number of rotatable bonds is 7. The summed E-state index contributed by atoms with van der Waals surface area (Å²) in [5.41, 5.74) is 9.50. The maximum absolute atomic E-state index is 4.94. The van der Waals surface area contributed by atoms with Crippen molar-refractivity contribution in [1.82, 2.24) is 14.5 Å². The highest BCUT2D eigenvalue weighted by Gasteiger charge is 2.18. The molecule has 0 aliphatic rings. The van der Waals surface area contributed by atoms with Gasteiger partial charge in [-0.3, -0.25) is 9.55 Å². The van der Waals surface area contributed by atoms with Gasteiger partial charge in [-0.15, -0.1) is 0 Å². The number of hydrogen-bond donors (Lipinski definition) is 0. The van der Waals surface area contributed by atoms with Gasteiger partial charge in [0.1, 0.15) is 5.82 Å². The fourth-order valence-corrected chi connectivity index (χ4v) is 4.86. The minimum atomic E-state index is 0.420. The van der Waals surface area contributed by atoms with Crippen molar-refractivity contribution < 1.29 is 0 Å². The summed E-state index contributed by atoms with van der Waals surface area (Å²) in [5.74, 6) is 1.81. The molecule has 5 aromatic rings. The molecule has 0 fully saturated rings. The highest BCUT2D eigenvalue weighted by molar-refractivity contribution is 5.63. The molecule has 0 N–H and O–H groups in total. The summed E-state index contributed by atoms with van der Waals surface area (Å²) in [6.45, 7) is 9.04. The van der Waals surface area contributed by atoms with E-state index in [0.29, 0.717) is 11.8 Å². The Morgan fingerprint density at radius 2 is 1.36 bits per heavy atom. The van der Waals surface area contributed by atoms with Gasteiger partial charge in [-0.25, -0.2) is 4.98 Å². The first-order valence-electron chi connectivity index (χ1n) is 12.8. The van der Waals surface area contributed by atoms with Crippen LogP contribution in [0.5, 0.6) is 0 Å². The highest BCUT2D eigenvalue weighted by Crippen LogP contribution is 2.34. The fraction of sp³-hybridized carbons (Fsp3) is 0.212. The average molecular weight is 472 g/mol. The molecule has 3 heteroatoms. The van der Waals surface area contributed by atoms with Crippen LogP contribution < -0.4 is 0 Å². The van der Waals surface area contributed by atoms with Gasteiger partial charge in [0.05, 0.1) is 11.4 Å². The fourth-order valence-electron chi connectivity index (χ4n) is 4.86. The van der Waals surface area contributed by atoms with Crippen molar-refractivity contribution in [2.24, 2.45) is 0 Å². The number of hydrogen-bond acceptors (Lipinski definition) is 2. The number of pyridine rings is 1. The van der Waals surface area contributed by atoms with Gasteiger partial charge < -0.3 is 0 Å². The maximum atomic E-state index is 4.94. The van der Waals surface area contributed by atoms with Gasteiger partial charge in [0.15, 0.2) is 0 Å². The maximum Gasteiger partial charge on any atom is 0.144 e. The zero-order valence-corrected chi connectivity index (χ0v) is 21.5. The van der Waals surface area contributed by atoms with E-state index in [1.54, 1.807) is 0 Å². The standard InChI is InChI=1S/C33H33N3/c1-23(2)29-16-10-17-30(24(3)4)32(29)36-20-19-34-33(36)27-14-8-11-25(21-27)22-28-15-9-18-31(35-28)26-12-6-5-7-13-26/h5-21,23-24H,22H2,1-4H3. The quantitative estimate of drug-likeness (QED) is 0.238. The Balaban J connectivity index is 1.51. The molecule has 0 aliphatic carbocycles. The van der Waals surface area contributed by atoms with Crippen LogP contribution in [0.15, 0.2) is 103 Å². The van der Waals surface area contributed by atoms with Crippen LogP contribution in [0, 0.1) is 0 Å². The Bertz CT molecular complexity index is 1440. The number of aromatic nitrogens is 3. The van der Waals surface area contributed by atoms with Gasteiger partial charge in [-0.05, 0) is 46.7 Å². The van der Waals surface area contributed by atoms with Crippen LogP contribution in [0.1, 0.15) is 61.9 Å². The van der Waals surface area contributed by atoms with Crippen molar-refractivity contribution in [3.05, 3.63) is 126 Å². The van der Waals surface area contributed by atoms with Gasteiger partial charge in [-0.1, -0.05) is 100 Å². The summed E-state index contributed by atoms with van der Waals surface area (Å²) in [6.07, 6.45) is 4.78. The molecule has 0 atom stereocenters. The first-order valence-corrected chi connectivity index (χ1v) is 12.8. The lowest BCUT2D eigenvalue weighted by Crippen LogP contribution is -2.08. The van der Waals surface area contributed by atoms with E-state index in [4.69, 9.17) is 9.97 Å². The number of benzene rings is 3. The lowest BCUT2D eigenvalue weighted by Gasteiger charge is -2.22. The smallest absolute Gasteiger partial charge is 0.144 e. The lowest BCUT2D eigenvalue weighted by molar-refractivity contribution is 0.806. The lowest BCUT2D eigenvalue weighted by atomic mass is 9.92. The van der Waals surface area contributed by atoms with E-state index in [9.17, 15) is 0 Å². The van der Waals surface area contributed by atoms with Crippen LogP contribution in [-0.2, 0) is 6.42 Å².